The van der Waals surface area contributed by atoms with E-state index >= 15 is 0 Å². The number of fused-ring (bicyclic) bond motifs is 3. The smallest absolute Gasteiger partial charge is 0.416 e. The number of imidazole rings is 1. The van der Waals surface area contributed by atoms with Crippen LogP contribution in [0.3, 0.4) is 0 Å². The summed E-state index contributed by atoms with van der Waals surface area (Å²) in [6.45, 7) is 0.264. The highest BCUT2D eigenvalue weighted by atomic mass is 35.5. The van der Waals surface area contributed by atoms with Gasteiger partial charge in [0.15, 0.2) is 0 Å². The first-order valence-corrected chi connectivity index (χ1v) is 14.4. The molecule has 6 rings (SSSR count). The number of amides is 2. The van der Waals surface area contributed by atoms with Crippen molar-refractivity contribution < 1.29 is 36.3 Å². The van der Waals surface area contributed by atoms with E-state index in [0.29, 0.717) is 29.3 Å². The van der Waals surface area contributed by atoms with Gasteiger partial charge >= 0.3 is 6.18 Å². The second kappa shape index (κ2) is 11.9. The lowest BCUT2D eigenvalue weighted by Crippen LogP contribution is -2.21. The summed E-state index contributed by atoms with van der Waals surface area (Å²) < 4.78 is 76.2. The lowest BCUT2D eigenvalue weighted by Gasteiger charge is -2.19. The lowest BCUT2D eigenvalue weighted by molar-refractivity contribution is -0.137. The Balaban J connectivity index is 1.57. The number of rotatable bonds is 7. The molecule has 0 radical (unpaired) electrons. The molecule has 0 spiro atoms. The molecule has 0 saturated carbocycles. The second-order valence-corrected chi connectivity index (χ2v) is 11.5. The van der Waals surface area contributed by atoms with E-state index in [1.54, 1.807) is 42.8 Å². The van der Waals surface area contributed by atoms with Gasteiger partial charge < -0.3 is 24.8 Å². The minimum Gasteiger partial charge on any atom is -0.497 e. The zero-order valence-electron chi connectivity index (χ0n) is 25.0. The van der Waals surface area contributed by atoms with Crippen LogP contribution >= 0.6 is 11.6 Å². The van der Waals surface area contributed by atoms with E-state index < -0.39 is 46.8 Å². The van der Waals surface area contributed by atoms with E-state index in [0.717, 1.165) is 17.7 Å². The highest BCUT2D eigenvalue weighted by molar-refractivity contribution is 6.31. The molecule has 4 aromatic carbocycles. The Morgan fingerprint density at radius 2 is 1.77 bits per heavy atom. The Morgan fingerprint density at radius 1 is 1.04 bits per heavy atom. The predicted octanol–water partition coefficient (Wildman–Crippen LogP) is 7.19. The first-order chi connectivity index (χ1) is 22.2. The zero-order chi connectivity index (χ0) is 33.8. The van der Waals surface area contributed by atoms with Gasteiger partial charge in [0, 0.05) is 41.5 Å². The SMILES string of the molecule is COc1ccc(Cn2c(N(C)C)nc3c4c(c(NC(=O)c5cc(F)cc(C(F)(F)F)c5)cc32)C(c2cc(F)ccc2Cl)NC4=O)cc1. The molecular weight excluding hydrogens is 645 g/mol. The van der Waals surface area contributed by atoms with Gasteiger partial charge in [-0.15, -0.1) is 0 Å². The normalized spacial score (nSPS) is 14.2. The third kappa shape index (κ3) is 5.94. The monoisotopic (exact) mass is 669 g/mol. The Labute approximate surface area is 269 Å². The number of anilines is 2. The maximum absolute atomic E-state index is 14.4. The predicted molar refractivity (Wildman–Crippen MR) is 166 cm³/mol. The fourth-order valence-corrected chi connectivity index (χ4v) is 5.85. The maximum Gasteiger partial charge on any atom is 0.416 e. The van der Waals surface area contributed by atoms with Gasteiger partial charge in [-0.2, -0.15) is 13.2 Å². The van der Waals surface area contributed by atoms with Crippen molar-refractivity contribution >= 4 is 46.1 Å². The van der Waals surface area contributed by atoms with Gasteiger partial charge in [-0.1, -0.05) is 23.7 Å². The highest BCUT2D eigenvalue weighted by Gasteiger charge is 2.38. The van der Waals surface area contributed by atoms with Crippen LogP contribution in [-0.2, 0) is 12.7 Å². The van der Waals surface area contributed by atoms with Gasteiger partial charge in [-0.3, -0.25) is 9.59 Å². The van der Waals surface area contributed by atoms with E-state index in [2.05, 4.69) is 10.6 Å². The molecule has 0 bridgehead atoms. The molecule has 5 aromatic rings. The minimum atomic E-state index is -4.91. The molecule has 242 valence electrons. The number of carbonyl (C=O) groups excluding carboxylic acids is 2. The van der Waals surface area contributed by atoms with Crippen LogP contribution in [0.1, 0.15) is 49.0 Å². The van der Waals surface area contributed by atoms with Crippen LogP contribution < -0.4 is 20.3 Å². The van der Waals surface area contributed by atoms with Gasteiger partial charge in [0.25, 0.3) is 11.8 Å². The van der Waals surface area contributed by atoms with Crippen molar-refractivity contribution in [3.8, 4) is 5.75 Å². The van der Waals surface area contributed by atoms with Gasteiger partial charge in [0.1, 0.15) is 22.9 Å². The summed E-state index contributed by atoms with van der Waals surface area (Å²) in [5.74, 6) is -2.49. The van der Waals surface area contributed by atoms with Crippen LogP contribution in [0.2, 0.25) is 5.02 Å². The molecule has 14 heteroatoms. The van der Waals surface area contributed by atoms with Crippen LogP contribution in [-0.4, -0.2) is 42.6 Å². The number of ether oxygens (including phenoxy) is 1. The molecule has 2 heterocycles. The average molecular weight is 670 g/mol. The van der Waals surface area contributed by atoms with Gasteiger partial charge in [0.2, 0.25) is 5.95 Å². The molecule has 1 unspecified atom stereocenters. The van der Waals surface area contributed by atoms with Crippen LogP contribution in [0.25, 0.3) is 11.0 Å². The van der Waals surface area contributed by atoms with Crippen LogP contribution in [0.15, 0.2) is 66.7 Å². The number of hydrogen-bond acceptors (Lipinski definition) is 5. The number of nitrogens with zero attached hydrogens (tertiary/aromatic N) is 3. The summed E-state index contributed by atoms with van der Waals surface area (Å²) in [6, 6.07) is 12.8. The molecule has 2 N–H and O–H groups in total. The number of hydrogen-bond donors (Lipinski definition) is 2. The standard InChI is InChI=1S/C33H25ClF5N5O3/c1-43(2)32-42-29-25(44(32)15-16-4-7-21(47-3)8-5-16)14-24(40-30(45)17-10-18(33(37,38)39)12-20(36)11-17)26-27(29)31(46)41-28(26)22-13-19(35)6-9-23(22)34/h4-14,28H,15H2,1-3H3,(H,40,45)(H,41,46). The number of carbonyl (C=O) groups is 2. The molecule has 1 atom stereocenters. The van der Waals surface area contributed by atoms with Gasteiger partial charge in [0.05, 0.1) is 36.3 Å². The summed E-state index contributed by atoms with van der Waals surface area (Å²) >= 11 is 6.43. The molecule has 1 aliphatic rings. The first-order valence-electron chi connectivity index (χ1n) is 14.1. The molecule has 0 saturated heterocycles. The quantitative estimate of drug-likeness (QED) is 0.179. The summed E-state index contributed by atoms with van der Waals surface area (Å²) in [6.07, 6.45) is -4.91. The molecule has 47 heavy (non-hydrogen) atoms. The van der Waals surface area contributed by atoms with Crippen molar-refractivity contribution in [2.45, 2.75) is 18.8 Å². The molecule has 8 nitrogen and oxygen atoms in total. The number of benzene rings is 4. The fraction of sp³-hybridized carbons (Fsp3) is 0.182. The van der Waals surface area contributed by atoms with Crippen molar-refractivity contribution in [1.82, 2.24) is 14.9 Å². The zero-order valence-corrected chi connectivity index (χ0v) is 25.7. The Bertz CT molecular complexity index is 2060. The largest absolute Gasteiger partial charge is 0.497 e. The average Bonchev–Trinajstić information content (AvgIpc) is 3.55. The Kier molecular flexibility index (Phi) is 8.04. The van der Waals surface area contributed by atoms with E-state index in [1.165, 1.54) is 12.1 Å². The molecule has 0 fully saturated rings. The Hall–Kier alpha value is -5.17. The summed E-state index contributed by atoms with van der Waals surface area (Å²) in [7, 11) is 5.06. The van der Waals surface area contributed by atoms with Crippen molar-refractivity contribution in [2.24, 2.45) is 0 Å². The highest BCUT2D eigenvalue weighted by Crippen LogP contribution is 2.44. The van der Waals surface area contributed by atoms with E-state index in [1.807, 2.05) is 12.1 Å². The number of nitrogens with one attached hydrogen (secondary N) is 2. The minimum absolute atomic E-state index is 0.000171. The van der Waals surface area contributed by atoms with Crippen molar-refractivity contribution in [2.75, 3.05) is 31.4 Å². The summed E-state index contributed by atoms with van der Waals surface area (Å²) in [4.78, 5) is 33.7. The van der Waals surface area contributed by atoms with Gasteiger partial charge in [-0.05, 0) is 60.2 Å². The van der Waals surface area contributed by atoms with E-state index in [4.69, 9.17) is 21.3 Å². The van der Waals surface area contributed by atoms with E-state index in [-0.39, 0.29) is 45.5 Å². The van der Waals surface area contributed by atoms with Gasteiger partial charge in [-0.25, -0.2) is 13.8 Å². The van der Waals surface area contributed by atoms with Crippen LogP contribution in [0, 0.1) is 11.6 Å². The molecule has 1 aromatic heterocycles. The van der Waals surface area contributed by atoms with Crippen LogP contribution in [0.5, 0.6) is 5.75 Å². The van der Waals surface area contributed by atoms with Crippen molar-refractivity contribution in [3.63, 3.8) is 0 Å². The van der Waals surface area contributed by atoms with Crippen molar-refractivity contribution in [1.29, 1.82) is 0 Å². The maximum atomic E-state index is 14.4. The molecule has 2 amide bonds. The molecule has 0 aliphatic carbocycles. The molecular formula is C33H25ClF5N5O3. The van der Waals surface area contributed by atoms with Crippen molar-refractivity contribution in [3.05, 3.63) is 117 Å². The topological polar surface area (TPSA) is 88.5 Å². The third-order valence-corrected chi connectivity index (χ3v) is 8.10. The number of alkyl halides is 3. The lowest BCUT2D eigenvalue weighted by atomic mass is 9.95. The first kappa shape index (κ1) is 31.8. The number of methoxy groups -OCH3 is 1. The van der Waals surface area contributed by atoms with Crippen LogP contribution in [0.4, 0.5) is 33.6 Å². The number of halogens is 6. The second-order valence-electron chi connectivity index (χ2n) is 11.1. The van der Waals surface area contributed by atoms with E-state index in [9.17, 15) is 31.5 Å². The molecule has 1 aliphatic heterocycles. The third-order valence-electron chi connectivity index (χ3n) is 7.76. The summed E-state index contributed by atoms with van der Waals surface area (Å²) in [5.41, 5.74) is -0.0766. The summed E-state index contributed by atoms with van der Waals surface area (Å²) in [5, 5.41) is 5.48. The Morgan fingerprint density at radius 3 is 2.43 bits per heavy atom. The number of aromatic nitrogens is 2. The fourth-order valence-electron chi connectivity index (χ4n) is 5.63.